The molecule has 1 unspecified atom stereocenters. The first kappa shape index (κ1) is 16.6. The zero-order valence-electron chi connectivity index (χ0n) is 15.0. The number of nitrogens with one attached hydrogen (secondary N) is 1. The predicted octanol–water partition coefficient (Wildman–Crippen LogP) is 4.68. The van der Waals surface area contributed by atoms with E-state index in [2.05, 4.69) is 25.6 Å². The van der Waals surface area contributed by atoms with Gasteiger partial charge in [0.05, 0.1) is 6.20 Å². The van der Waals surface area contributed by atoms with Crippen LogP contribution in [-0.4, -0.2) is 24.8 Å². The van der Waals surface area contributed by atoms with Crippen LogP contribution in [0.15, 0.2) is 69.9 Å². The number of hydrogen-bond acceptors (Lipinski definition) is 7. The lowest BCUT2D eigenvalue weighted by Crippen LogP contribution is -2.10. The van der Waals surface area contributed by atoms with Crippen molar-refractivity contribution in [3.8, 4) is 22.7 Å². The van der Waals surface area contributed by atoms with Gasteiger partial charge in [-0.15, -0.1) is 15.3 Å². The molecule has 0 aliphatic heterocycles. The van der Waals surface area contributed by atoms with Gasteiger partial charge in [-0.1, -0.05) is 30.3 Å². The number of fused-ring (bicyclic) bond motifs is 1. The smallest absolute Gasteiger partial charge is 0.217 e. The van der Waals surface area contributed by atoms with E-state index in [0.717, 1.165) is 22.7 Å². The molecular formula is C20H16N6OS. The van der Waals surface area contributed by atoms with Gasteiger partial charge >= 0.3 is 0 Å². The Bertz CT molecular complexity index is 1210. The Kier molecular flexibility index (Phi) is 4.10. The van der Waals surface area contributed by atoms with Gasteiger partial charge < -0.3 is 9.73 Å². The molecule has 7 nitrogen and oxygen atoms in total. The van der Waals surface area contributed by atoms with Crippen LogP contribution in [0.3, 0.4) is 0 Å². The minimum atomic E-state index is -0.150. The summed E-state index contributed by atoms with van der Waals surface area (Å²) in [5.74, 6) is 2.75. The quantitative estimate of drug-likeness (QED) is 0.471. The van der Waals surface area contributed by atoms with Gasteiger partial charge in [0.25, 0.3) is 0 Å². The second-order valence-electron chi connectivity index (χ2n) is 6.32. The first-order chi connectivity index (χ1) is 13.8. The average Bonchev–Trinajstić information content (AvgIpc) is 3.48. The fourth-order valence-corrected chi connectivity index (χ4v) is 3.58. The van der Waals surface area contributed by atoms with Crippen molar-refractivity contribution in [3.63, 3.8) is 0 Å². The molecule has 28 heavy (non-hydrogen) atoms. The molecule has 0 bridgehead atoms. The molecule has 1 N–H and O–H groups in total. The van der Waals surface area contributed by atoms with E-state index in [-0.39, 0.29) is 6.04 Å². The largest absolute Gasteiger partial charge is 0.438 e. The second kappa shape index (κ2) is 6.90. The van der Waals surface area contributed by atoms with E-state index < -0.39 is 0 Å². The average molecular weight is 388 g/mol. The van der Waals surface area contributed by atoms with Crippen LogP contribution in [0.5, 0.6) is 0 Å². The third kappa shape index (κ3) is 3.03. The fraction of sp³-hybridized carbons (Fsp3) is 0.100. The molecule has 0 aliphatic rings. The number of oxazole rings is 1. The van der Waals surface area contributed by atoms with Crippen LogP contribution >= 0.6 is 11.3 Å². The summed E-state index contributed by atoms with van der Waals surface area (Å²) in [6.45, 7) is 1.98. The Morgan fingerprint density at radius 1 is 1.04 bits per heavy atom. The number of aromatic nitrogens is 5. The molecule has 8 heteroatoms. The summed E-state index contributed by atoms with van der Waals surface area (Å²) >= 11 is 1.61. The van der Waals surface area contributed by atoms with Crippen LogP contribution < -0.4 is 5.32 Å². The van der Waals surface area contributed by atoms with Crippen molar-refractivity contribution in [1.29, 1.82) is 0 Å². The van der Waals surface area contributed by atoms with Crippen LogP contribution in [0.1, 0.15) is 18.9 Å². The number of hydrogen-bond donors (Lipinski definition) is 1. The van der Waals surface area contributed by atoms with Crippen LogP contribution in [-0.2, 0) is 0 Å². The molecule has 138 valence electrons. The van der Waals surface area contributed by atoms with E-state index in [1.807, 2.05) is 66.2 Å². The summed E-state index contributed by atoms with van der Waals surface area (Å²) in [5, 5.41) is 20.4. The second-order valence-corrected chi connectivity index (χ2v) is 7.10. The van der Waals surface area contributed by atoms with Crippen LogP contribution in [0.25, 0.3) is 28.4 Å². The van der Waals surface area contributed by atoms with Crippen LogP contribution in [0.2, 0.25) is 0 Å². The van der Waals surface area contributed by atoms with E-state index in [4.69, 9.17) is 4.42 Å². The number of thiophene rings is 1. The summed E-state index contributed by atoms with van der Waals surface area (Å²) in [4.78, 5) is 4.41. The summed E-state index contributed by atoms with van der Waals surface area (Å²) in [6.07, 6.45) is 1.74. The minimum absolute atomic E-state index is 0.150. The third-order valence-electron chi connectivity index (χ3n) is 4.36. The van der Waals surface area contributed by atoms with Crippen molar-refractivity contribution >= 4 is 22.8 Å². The molecular weight excluding hydrogens is 372 g/mol. The van der Waals surface area contributed by atoms with E-state index in [1.54, 1.807) is 22.0 Å². The molecule has 4 heterocycles. The van der Waals surface area contributed by atoms with Crippen molar-refractivity contribution in [2.24, 2.45) is 0 Å². The Balaban J connectivity index is 1.41. The zero-order valence-corrected chi connectivity index (χ0v) is 15.8. The molecule has 1 aromatic carbocycles. The van der Waals surface area contributed by atoms with Gasteiger partial charge in [-0.05, 0) is 30.5 Å². The highest BCUT2D eigenvalue weighted by atomic mass is 32.1. The summed E-state index contributed by atoms with van der Waals surface area (Å²) in [6, 6.07) is 15.5. The van der Waals surface area contributed by atoms with Gasteiger partial charge in [0.1, 0.15) is 11.9 Å². The molecule has 0 aliphatic carbocycles. The monoisotopic (exact) mass is 388 g/mol. The Morgan fingerprint density at radius 2 is 1.93 bits per heavy atom. The molecule has 0 spiro atoms. The number of benzene rings is 1. The SMILES string of the molecule is CC(Nc1ccc2nnc(-c3ccsc3)n2n1)c1ncc(-c2ccccc2)o1. The molecule has 0 saturated heterocycles. The van der Waals surface area contributed by atoms with Gasteiger partial charge in [0.15, 0.2) is 17.2 Å². The Labute approximate surface area is 164 Å². The normalized spacial score (nSPS) is 12.3. The topological polar surface area (TPSA) is 81.1 Å². The fourth-order valence-electron chi connectivity index (χ4n) is 2.94. The standard InChI is InChI=1S/C20H16N6OS/c1-13(20-21-11-16(27-20)14-5-3-2-4-6-14)22-17-7-8-18-23-24-19(26(18)25-17)15-9-10-28-12-15/h2-13H,1H3,(H,22,25). The van der Waals surface area contributed by atoms with Gasteiger partial charge in [0, 0.05) is 16.5 Å². The number of rotatable bonds is 5. The molecule has 5 rings (SSSR count). The van der Waals surface area contributed by atoms with Crippen molar-refractivity contribution < 1.29 is 4.42 Å². The van der Waals surface area contributed by atoms with Crippen molar-refractivity contribution in [1.82, 2.24) is 24.8 Å². The maximum Gasteiger partial charge on any atom is 0.217 e. The first-order valence-corrected chi connectivity index (χ1v) is 9.75. The van der Waals surface area contributed by atoms with E-state index in [1.165, 1.54) is 0 Å². The number of anilines is 1. The highest BCUT2D eigenvalue weighted by Crippen LogP contribution is 2.25. The van der Waals surface area contributed by atoms with Crippen LogP contribution in [0.4, 0.5) is 5.82 Å². The third-order valence-corrected chi connectivity index (χ3v) is 5.04. The van der Waals surface area contributed by atoms with E-state index in [9.17, 15) is 0 Å². The van der Waals surface area contributed by atoms with Crippen molar-refractivity contribution in [2.75, 3.05) is 5.32 Å². The van der Waals surface area contributed by atoms with Gasteiger partial charge in [0.2, 0.25) is 5.89 Å². The summed E-state index contributed by atoms with van der Waals surface area (Å²) < 4.78 is 7.67. The van der Waals surface area contributed by atoms with Gasteiger partial charge in [-0.2, -0.15) is 15.9 Å². The van der Waals surface area contributed by atoms with E-state index in [0.29, 0.717) is 17.4 Å². The molecule has 0 fully saturated rings. The molecule has 0 saturated carbocycles. The summed E-state index contributed by atoms with van der Waals surface area (Å²) in [5.41, 5.74) is 2.69. The van der Waals surface area contributed by atoms with Gasteiger partial charge in [-0.25, -0.2) is 4.98 Å². The number of nitrogens with zero attached hydrogens (tertiary/aromatic N) is 5. The highest BCUT2D eigenvalue weighted by Gasteiger charge is 2.15. The zero-order chi connectivity index (χ0) is 18.9. The maximum absolute atomic E-state index is 5.93. The molecule has 0 radical (unpaired) electrons. The Morgan fingerprint density at radius 3 is 2.75 bits per heavy atom. The van der Waals surface area contributed by atoms with E-state index >= 15 is 0 Å². The molecule has 4 aromatic heterocycles. The highest BCUT2D eigenvalue weighted by molar-refractivity contribution is 7.08. The molecule has 5 aromatic rings. The maximum atomic E-state index is 5.93. The lowest BCUT2D eigenvalue weighted by atomic mass is 10.2. The Hall–Kier alpha value is -3.52. The molecule has 0 amide bonds. The predicted molar refractivity (Wildman–Crippen MR) is 108 cm³/mol. The van der Waals surface area contributed by atoms with Crippen molar-refractivity contribution in [2.45, 2.75) is 13.0 Å². The van der Waals surface area contributed by atoms with Gasteiger partial charge in [-0.3, -0.25) is 0 Å². The summed E-state index contributed by atoms with van der Waals surface area (Å²) in [7, 11) is 0. The molecule has 1 atom stereocenters. The first-order valence-electron chi connectivity index (χ1n) is 8.80. The van der Waals surface area contributed by atoms with Crippen molar-refractivity contribution in [3.05, 3.63) is 71.4 Å². The lowest BCUT2D eigenvalue weighted by molar-refractivity contribution is 0.484. The lowest BCUT2D eigenvalue weighted by Gasteiger charge is -2.11. The minimum Gasteiger partial charge on any atom is -0.438 e. The van der Waals surface area contributed by atoms with Crippen LogP contribution in [0, 0.1) is 0 Å².